The van der Waals surface area contributed by atoms with Crippen LogP contribution < -0.4 is 0 Å². The molecule has 2 rings (SSSR count). The Morgan fingerprint density at radius 3 is 2.63 bits per heavy atom. The number of rotatable bonds is 1. The number of ether oxygens (including phenoxy) is 1. The first-order valence-corrected chi connectivity index (χ1v) is 6.27. The second-order valence-corrected chi connectivity index (χ2v) is 6.05. The number of benzene rings is 1. The number of Topliss-reactive ketones (excluding diaryl/α,β-unsaturated/α-hetero) is 1. The van der Waals surface area contributed by atoms with Gasteiger partial charge in [-0.25, -0.2) is 9.18 Å². The SMILES string of the molecule is CC(C)(C)OC(=O)[C@]1(F)Cc2cc(Cl)ccc2C1=O. The van der Waals surface area contributed by atoms with Crippen molar-refractivity contribution in [2.45, 2.75) is 38.5 Å². The zero-order chi connectivity index (χ0) is 14.4. The standard InChI is InChI=1S/C14H14ClFO3/c1-13(2,3)19-12(18)14(16)7-8-6-9(15)4-5-10(8)11(14)17/h4-6H,7H2,1-3H3/t14-/m0/s1. The summed E-state index contributed by atoms with van der Waals surface area (Å²) in [4.78, 5) is 23.9. The molecular weight excluding hydrogens is 271 g/mol. The summed E-state index contributed by atoms with van der Waals surface area (Å²) in [6.45, 7) is 4.87. The van der Waals surface area contributed by atoms with E-state index in [1.165, 1.54) is 18.2 Å². The van der Waals surface area contributed by atoms with E-state index in [-0.39, 0.29) is 12.0 Å². The molecule has 1 aliphatic rings. The number of carbonyl (C=O) groups is 2. The molecule has 0 bridgehead atoms. The van der Waals surface area contributed by atoms with Gasteiger partial charge in [0.25, 0.3) is 5.67 Å². The van der Waals surface area contributed by atoms with Gasteiger partial charge >= 0.3 is 5.97 Å². The van der Waals surface area contributed by atoms with Crippen LogP contribution in [0.1, 0.15) is 36.7 Å². The molecule has 0 fully saturated rings. The second-order valence-electron chi connectivity index (χ2n) is 5.61. The Morgan fingerprint density at radius 1 is 1.42 bits per heavy atom. The van der Waals surface area contributed by atoms with E-state index in [2.05, 4.69) is 0 Å². The molecule has 1 aliphatic carbocycles. The zero-order valence-electron chi connectivity index (χ0n) is 10.9. The third-order valence-electron chi connectivity index (χ3n) is 2.83. The molecule has 0 spiro atoms. The lowest BCUT2D eigenvalue weighted by Crippen LogP contribution is -2.44. The Bertz CT molecular complexity index is 562. The maximum Gasteiger partial charge on any atom is 0.353 e. The molecule has 0 saturated carbocycles. The van der Waals surface area contributed by atoms with Crippen LogP contribution in [0.5, 0.6) is 0 Å². The highest BCUT2D eigenvalue weighted by molar-refractivity contribution is 6.31. The molecule has 0 aromatic heterocycles. The topological polar surface area (TPSA) is 43.4 Å². The van der Waals surface area contributed by atoms with Crippen molar-refractivity contribution < 1.29 is 18.7 Å². The lowest BCUT2D eigenvalue weighted by molar-refractivity contribution is -0.165. The number of carbonyl (C=O) groups excluding carboxylic acids is 2. The minimum absolute atomic E-state index is 0.192. The van der Waals surface area contributed by atoms with Crippen molar-refractivity contribution in [2.75, 3.05) is 0 Å². The number of hydrogen-bond donors (Lipinski definition) is 0. The lowest BCUT2D eigenvalue weighted by Gasteiger charge is -2.24. The summed E-state index contributed by atoms with van der Waals surface area (Å²) in [5.74, 6) is -1.99. The predicted octanol–water partition coefficient (Wildman–Crippen LogP) is 3.13. The molecule has 19 heavy (non-hydrogen) atoms. The first-order valence-electron chi connectivity index (χ1n) is 5.89. The van der Waals surface area contributed by atoms with E-state index in [9.17, 15) is 14.0 Å². The largest absolute Gasteiger partial charge is 0.457 e. The summed E-state index contributed by atoms with van der Waals surface area (Å²) in [7, 11) is 0. The van der Waals surface area contributed by atoms with Crippen molar-refractivity contribution >= 4 is 23.4 Å². The summed E-state index contributed by atoms with van der Waals surface area (Å²) in [6.07, 6.45) is -0.323. The van der Waals surface area contributed by atoms with Crippen molar-refractivity contribution in [3.63, 3.8) is 0 Å². The molecule has 0 unspecified atom stereocenters. The van der Waals surface area contributed by atoms with Crippen molar-refractivity contribution in [1.82, 2.24) is 0 Å². The van der Waals surface area contributed by atoms with Crippen LogP contribution in [0.15, 0.2) is 18.2 Å². The number of fused-ring (bicyclic) bond motifs is 1. The minimum atomic E-state index is -2.64. The number of esters is 1. The Balaban J connectivity index is 2.34. The summed E-state index contributed by atoms with van der Waals surface area (Å²) in [5, 5.41) is 0.403. The molecule has 0 radical (unpaired) electrons. The average molecular weight is 285 g/mol. The quantitative estimate of drug-likeness (QED) is 0.588. The maximum absolute atomic E-state index is 14.7. The number of ketones is 1. The van der Waals surface area contributed by atoms with Gasteiger partial charge in [-0.3, -0.25) is 4.79 Å². The fourth-order valence-electron chi connectivity index (χ4n) is 2.01. The van der Waals surface area contributed by atoms with Crippen LogP contribution in [0.4, 0.5) is 4.39 Å². The van der Waals surface area contributed by atoms with Gasteiger partial charge in [0, 0.05) is 17.0 Å². The van der Waals surface area contributed by atoms with Crippen LogP contribution in [0.25, 0.3) is 0 Å². The molecule has 0 heterocycles. The van der Waals surface area contributed by atoms with Crippen LogP contribution in [-0.4, -0.2) is 23.0 Å². The van der Waals surface area contributed by atoms with E-state index < -0.39 is 23.0 Å². The first kappa shape index (κ1) is 14.0. The van der Waals surface area contributed by atoms with Gasteiger partial charge < -0.3 is 4.74 Å². The van der Waals surface area contributed by atoms with E-state index in [4.69, 9.17) is 16.3 Å². The molecule has 5 heteroatoms. The highest BCUT2D eigenvalue weighted by Crippen LogP contribution is 2.36. The number of halogens is 2. The average Bonchev–Trinajstić information content (AvgIpc) is 2.49. The van der Waals surface area contributed by atoms with Gasteiger partial charge in [0.15, 0.2) is 0 Å². The Morgan fingerprint density at radius 2 is 2.05 bits per heavy atom. The van der Waals surface area contributed by atoms with Gasteiger partial charge in [0.2, 0.25) is 5.78 Å². The Kier molecular flexibility index (Phi) is 3.17. The summed E-state index contributed by atoms with van der Waals surface area (Å²) >= 11 is 5.80. The summed E-state index contributed by atoms with van der Waals surface area (Å²) < 4.78 is 19.7. The van der Waals surface area contributed by atoms with Gasteiger partial charge in [0.05, 0.1) is 0 Å². The second kappa shape index (κ2) is 4.30. The molecule has 0 saturated heterocycles. The van der Waals surface area contributed by atoms with E-state index in [0.29, 0.717) is 10.6 Å². The predicted molar refractivity (Wildman–Crippen MR) is 69.2 cm³/mol. The molecule has 0 aliphatic heterocycles. The molecule has 0 amide bonds. The van der Waals surface area contributed by atoms with E-state index >= 15 is 0 Å². The highest BCUT2D eigenvalue weighted by Gasteiger charge is 2.54. The first-order chi connectivity index (χ1) is 8.63. The van der Waals surface area contributed by atoms with Crippen molar-refractivity contribution in [3.05, 3.63) is 34.3 Å². The summed E-state index contributed by atoms with van der Waals surface area (Å²) in [5.41, 5.74) is -2.85. The van der Waals surface area contributed by atoms with Gasteiger partial charge in [-0.05, 0) is 44.5 Å². The van der Waals surface area contributed by atoms with Gasteiger partial charge in [0.1, 0.15) is 5.60 Å². The Hall–Kier alpha value is -1.42. The Labute approximate surface area is 115 Å². The van der Waals surface area contributed by atoms with E-state index in [1.807, 2.05) is 0 Å². The van der Waals surface area contributed by atoms with Crippen molar-refractivity contribution in [2.24, 2.45) is 0 Å². The smallest absolute Gasteiger partial charge is 0.353 e. The monoisotopic (exact) mass is 284 g/mol. The normalized spacial score (nSPS) is 22.3. The minimum Gasteiger partial charge on any atom is -0.457 e. The van der Waals surface area contributed by atoms with Crippen molar-refractivity contribution in [1.29, 1.82) is 0 Å². The molecule has 0 N–H and O–H groups in total. The third kappa shape index (κ3) is 2.50. The molecule has 3 nitrogen and oxygen atoms in total. The maximum atomic E-state index is 14.7. The van der Waals surface area contributed by atoms with E-state index in [1.54, 1.807) is 20.8 Å². The fraction of sp³-hybridized carbons (Fsp3) is 0.429. The van der Waals surface area contributed by atoms with Gasteiger partial charge in [-0.1, -0.05) is 11.6 Å². The van der Waals surface area contributed by atoms with Gasteiger partial charge in [-0.15, -0.1) is 0 Å². The summed E-state index contributed by atoms with van der Waals surface area (Å²) in [6, 6.07) is 4.44. The molecule has 1 aromatic carbocycles. The fourth-order valence-corrected chi connectivity index (χ4v) is 2.20. The van der Waals surface area contributed by atoms with Crippen LogP contribution in [0.3, 0.4) is 0 Å². The highest BCUT2D eigenvalue weighted by atomic mass is 35.5. The molecular formula is C14H14ClFO3. The zero-order valence-corrected chi connectivity index (χ0v) is 11.7. The number of hydrogen-bond acceptors (Lipinski definition) is 3. The van der Waals surface area contributed by atoms with Crippen LogP contribution in [0.2, 0.25) is 5.02 Å². The van der Waals surface area contributed by atoms with Crippen LogP contribution in [-0.2, 0) is 16.0 Å². The molecule has 1 atom stereocenters. The van der Waals surface area contributed by atoms with Crippen molar-refractivity contribution in [3.8, 4) is 0 Å². The van der Waals surface area contributed by atoms with E-state index in [0.717, 1.165) is 0 Å². The van der Waals surface area contributed by atoms with Crippen LogP contribution >= 0.6 is 11.6 Å². The van der Waals surface area contributed by atoms with Crippen LogP contribution in [0, 0.1) is 0 Å². The number of alkyl halides is 1. The molecule has 102 valence electrons. The molecule has 1 aromatic rings. The lowest BCUT2D eigenvalue weighted by atomic mass is 10.0. The van der Waals surface area contributed by atoms with Gasteiger partial charge in [-0.2, -0.15) is 0 Å². The third-order valence-corrected chi connectivity index (χ3v) is 3.06.